The van der Waals surface area contributed by atoms with Gasteiger partial charge in [-0.3, -0.25) is 9.78 Å². The van der Waals surface area contributed by atoms with Crippen LogP contribution in [-0.4, -0.2) is 22.5 Å². The van der Waals surface area contributed by atoms with Gasteiger partial charge in [-0.25, -0.2) is 0 Å². The van der Waals surface area contributed by atoms with Crippen molar-refractivity contribution in [1.29, 1.82) is 0 Å². The fourth-order valence-corrected chi connectivity index (χ4v) is 2.40. The zero-order valence-electron chi connectivity index (χ0n) is 10.0. The second-order valence-electron chi connectivity index (χ2n) is 4.81. The van der Waals surface area contributed by atoms with Gasteiger partial charge in [-0.1, -0.05) is 19.8 Å². The van der Waals surface area contributed by atoms with Crippen LogP contribution in [0.5, 0.6) is 5.75 Å². The van der Waals surface area contributed by atoms with Crippen molar-refractivity contribution < 1.29 is 9.90 Å². The lowest BCUT2D eigenvalue weighted by atomic mass is 9.98. The Morgan fingerprint density at radius 1 is 1.53 bits per heavy atom. The Hall–Kier alpha value is -1.58. The molecule has 1 aliphatic carbocycles. The standard InChI is InChI=1S/C13H18N2O2/c1-9-3-2-4-10(9)7-15-13(17)11-5-12(16)8-14-6-11/h5-6,8-10,16H,2-4,7H2,1H3,(H,15,17). The molecule has 1 aromatic heterocycles. The first-order chi connectivity index (χ1) is 8.16. The van der Waals surface area contributed by atoms with Crippen molar-refractivity contribution in [3.05, 3.63) is 24.0 Å². The van der Waals surface area contributed by atoms with E-state index in [0.717, 1.165) is 6.54 Å². The number of pyridine rings is 1. The highest BCUT2D eigenvalue weighted by Gasteiger charge is 2.23. The number of aromatic hydroxyl groups is 1. The highest BCUT2D eigenvalue weighted by molar-refractivity contribution is 5.94. The minimum atomic E-state index is -0.160. The number of aromatic nitrogens is 1. The summed E-state index contributed by atoms with van der Waals surface area (Å²) in [5, 5.41) is 12.1. The number of hydrogen-bond donors (Lipinski definition) is 2. The maximum atomic E-state index is 11.8. The molecule has 1 aromatic rings. The molecule has 0 bridgehead atoms. The van der Waals surface area contributed by atoms with Crippen molar-refractivity contribution in [2.24, 2.45) is 11.8 Å². The minimum absolute atomic E-state index is 0.0203. The van der Waals surface area contributed by atoms with Crippen LogP contribution < -0.4 is 5.32 Å². The molecule has 0 aliphatic heterocycles. The molecule has 4 nitrogen and oxygen atoms in total. The highest BCUT2D eigenvalue weighted by atomic mass is 16.3. The molecule has 0 radical (unpaired) electrons. The molecule has 1 fully saturated rings. The third-order valence-corrected chi connectivity index (χ3v) is 3.55. The van der Waals surface area contributed by atoms with E-state index in [1.165, 1.54) is 37.7 Å². The fourth-order valence-electron chi connectivity index (χ4n) is 2.40. The molecule has 1 saturated carbocycles. The van der Waals surface area contributed by atoms with E-state index in [4.69, 9.17) is 0 Å². The highest BCUT2D eigenvalue weighted by Crippen LogP contribution is 2.30. The smallest absolute Gasteiger partial charge is 0.252 e. The summed E-state index contributed by atoms with van der Waals surface area (Å²) >= 11 is 0. The third kappa shape index (κ3) is 2.96. The average molecular weight is 234 g/mol. The quantitative estimate of drug-likeness (QED) is 0.840. The predicted octanol–water partition coefficient (Wildman–Crippen LogP) is 1.95. The molecule has 4 heteroatoms. The molecular weight excluding hydrogens is 216 g/mol. The van der Waals surface area contributed by atoms with Gasteiger partial charge in [-0.2, -0.15) is 0 Å². The molecule has 2 unspecified atom stereocenters. The Kier molecular flexibility index (Phi) is 3.61. The van der Waals surface area contributed by atoms with E-state index in [9.17, 15) is 9.90 Å². The molecule has 0 aromatic carbocycles. The van der Waals surface area contributed by atoms with E-state index in [1.54, 1.807) is 0 Å². The Bertz CT molecular complexity index is 406. The van der Waals surface area contributed by atoms with Gasteiger partial charge in [0.2, 0.25) is 0 Å². The van der Waals surface area contributed by atoms with Crippen LogP contribution in [0, 0.1) is 11.8 Å². The Morgan fingerprint density at radius 3 is 3.00 bits per heavy atom. The predicted molar refractivity (Wildman–Crippen MR) is 64.7 cm³/mol. The van der Waals surface area contributed by atoms with Gasteiger partial charge < -0.3 is 10.4 Å². The number of carbonyl (C=O) groups excluding carboxylic acids is 1. The normalized spacial score (nSPS) is 23.6. The van der Waals surface area contributed by atoms with Crippen LogP contribution in [0.2, 0.25) is 0 Å². The third-order valence-electron chi connectivity index (χ3n) is 3.55. The molecule has 1 heterocycles. The summed E-state index contributed by atoms with van der Waals surface area (Å²) in [6.45, 7) is 2.95. The lowest BCUT2D eigenvalue weighted by molar-refractivity contribution is 0.0944. The summed E-state index contributed by atoms with van der Waals surface area (Å²) in [7, 11) is 0. The van der Waals surface area contributed by atoms with Gasteiger partial charge in [0, 0.05) is 12.7 Å². The summed E-state index contributed by atoms with van der Waals surface area (Å²) in [6, 6.07) is 1.43. The first-order valence-electron chi connectivity index (χ1n) is 6.09. The van der Waals surface area contributed by atoms with E-state index < -0.39 is 0 Å². The number of nitrogens with one attached hydrogen (secondary N) is 1. The molecule has 2 atom stereocenters. The van der Waals surface area contributed by atoms with E-state index in [0.29, 0.717) is 17.4 Å². The topological polar surface area (TPSA) is 62.2 Å². The number of hydrogen-bond acceptors (Lipinski definition) is 3. The minimum Gasteiger partial charge on any atom is -0.506 e. The number of nitrogens with zero attached hydrogens (tertiary/aromatic N) is 1. The van der Waals surface area contributed by atoms with Crippen LogP contribution in [0.25, 0.3) is 0 Å². The van der Waals surface area contributed by atoms with Crippen LogP contribution in [0.3, 0.4) is 0 Å². The van der Waals surface area contributed by atoms with E-state index in [-0.39, 0.29) is 11.7 Å². The zero-order valence-corrected chi connectivity index (χ0v) is 10.0. The molecule has 2 N–H and O–H groups in total. The van der Waals surface area contributed by atoms with Crippen LogP contribution in [-0.2, 0) is 0 Å². The van der Waals surface area contributed by atoms with Gasteiger partial charge in [0.1, 0.15) is 5.75 Å². The van der Waals surface area contributed by atoms with Crippen molar-refractivity contribution in [3.8, 4) is 5.75 Å². The van der Waals surface area contributed by atoms with Crippen molar-refractivity contribution >= 4 is 5.91 Å². The molecule has 2 rings (SSSR count). The Morgan fingerprint density at radius 2 is 2.35 bits per heavy atom. The summed E-state index contributed by atoms with van der Waals surface area (Å²) in [5.74, 6) is 1.14. The van der Waals surface area contributed by atoms with Gasteiger partial charge in [0.05, 0.1) is 11.8 Å². The molecule has 92 valence electrons. The first kappa shape index (κ1) is 11.9. The number of carbonyl (C=O) groups is 1. The maximum absolute atomic E-state index is 11.8. The van der Waals surface area contributed by atoms with Gasteiger partial charge in [-0.15, -0.1) is 0 Å². The summed E-state index contributed by atoms with van der Waals surface area (Å²) in [6.07, 6.45) is 6.49. The number of rotatable bonds is 3. The fraction of sp³-hybridized carbons (Fsp3) is 0.538. The second kappa shape index (κ2) is 5.17. The van der Waals surface area contributed by atoms with Gasteiger partial charge in [0.15, 0.2) is 0 Å². The van der Waals surface area contributed by atoms with E-state index >= 15 is 0 Å². The second-order valence-corrected chi connectivity index (χ2v) is 4.81. The SMILES string of the molecule is CC1CCCC1CNC(=O)c1cncc(O)c1. The zero-order chi connectivity index (χ0) is 12.3. The molecule has 1 amide bonds. The van der Waals surface area contributed by atoms with Crippen LogP contribution in [0.15, 0.2) is 18.5 Å². The lowest BCUT2D eigenvalue weighted by Gasteiger charge is -2.15. The largest absolute Gasteiger partial charge is 0.506 e. The van der Waals surface area contributed by atoms with Crippen LogP contribution >= 0.6 is 0 Å². The lowest BCUT2D eigenvalue weighted by Crippen LogP contribution is -2.30. The Balaban J connectivity index is 1.89. The average Bonchev–Trinajstić information content (AvgIpc) is 2.72. The van der Waals surface area contributed by atoms with Crippen molar-refractivity contribution in [1.82, 2.24) is 10.3 Å². The van der Waals surface area contributed by atoms with Crippen molar-refractivity contribution in [2.75, 3.05) is 6.54 Å². The van der Waals surface area contributed by atoms with Gasteiger partial charge in [-0.05, 0) is 24.3 Å². The first-order valence-corrected chi connectivity index (χ1v) is 6.09. The maximum Gasteiger partial charge on any atom is 0.252 e. The van der Waals surface area contributed by atoms with Crippen LogP contribution in [0.1, 0.15) is 36.5 Å². The van der Waals surface area contributed by atoms with E-state index in [1.807, 2.05) is 0 Å². The Labute approximate surface area is 101 Å². The summed E-state index contributed by atoms with van der Waals surface area (Å²) in [5.41, 5.74) is 0.413. The van der Waals surface area contributed by atoms with Crippen molar-refractivity contribution in [3.63, 3.8) is 0 Å². The molecule has 0 spiro atoms. The summed E-state index contributed by atoms with van der Waals surface area (Å²) < 4.78 is 0. The van der Waals surface area contributed by atoms with Gasteiger partial charge in [0.25, 0.3) is 5.91 Å². The molecule has 1 aliphatic rings. The van der Waals surface area contributed by atoms with E-state index in [2.05, 4.69) is 17.2 Å². The van der Waals surface area contributed by atoms with Crippen LogP contribution in [0.4, 0.5) is 0 Å². The monoisotopic (exact) mass is 234 g/mol. The molecule has 0 saturated heterocycles. The van der Waals surface area contributed by atoms with Gasteiger partial charge >= 0.3 is 0 Å². The molecular formula is C13H18N2O2. The number of amides is 1. The summed E-state index contributed by atoms with van der Waals surface area (Å²) in [4.78, 5) is 15.6. The van der Waals surface area contributed by atoms with Crippen molar-refractivity contribution in [2.45, 2.75) is 26.2 Å². The molecule has 17 heavy (non-hydrogen) atoms.